The number of rotatable bonds is 5. The molecule has 0 atom stereocenters. The molecule has 23 heavy (non-hydrogen) atoms. The van der Waals surface area contributed by atoms with E-state index in [9.17, 15) is 9.18 Å². The Bertz CT molecular complexity index is 791. The molecule has 3 aromatic rings. The fourth-order valence-electron chi connectivity index (χ4n) is 2.44. The predicted molar refractivity (Wildman–Crippen MR) is 85.0 cm³/mol. The van der Waals surface area contributed by atoms with Crippen LogP contribution in [0.3, 0.4) is 0 Å². The molecule has 0 aliphatic carbocycles. The maximum atomic E-state index is 12.9. The van der Waals surface area contributed by atoms with Crippen LogP contribution >= 0.6 is 0 Å². The Morgan fingerprint density at radius 1 is 1.22 bits per heavy atom. The Labute approximate surface area is 133 Å². The van der Waals surface area contributed by atoms with Crippen molar-refractivity contribution in [2.45, 2.75) is 6.42 Å². The molecule has 0 spiro atoms. The van der Waals surface area contributed by atoms with Crippen molar-refractivity contribution in [1.82, 2.24) is 19.7 Å². The first kappa shape index (κ1) is 15.0. The molecule has 118 valence electrons. The largest absolute Gasteiger partial charge is 0.352 e. The highest BCUT2D eigenvalue weighted by atomic mass is 19.1. The van der Waals surface area contributed by atoms with Crippen LogP contribution in [0, 0.1) is 5.82 Å². The molecule has 2 aromatic heterocycles. The molecule has 3 rings (SSSR count). The number of carbonyl (C=O) groups is 1. The predicted octanol–water partition coefficient (Wildman–Crippen LogP) is 2.32. The van der Waals surface area contributed by atoms with Crippen molar-refractivity contribution in [3.63, 3.8) is 0 Å². The quantitative estimate of drug-likeness (QED) is 0.786. The number of nitrogens with zero attached hydrogens (tertiary/aromatic N) is 3. The zero-order chi connectivity index (χ0) is 16.2. The van der Waals surface area contributed by atoms with Crippen LogP contribution in [0.5, 0.6) is 0 Å². The number of aryl methyl sites for hydroxylation is 1. The van der Waals surface area contributed by atoms with Gasteiger partial charge in [-0.3, -0.25) is 9.48 Å². The molecule has 0 fully saturated rings. The number of halogens is 1. The molecule has 0 saturated heterocycles. The molecule has 0 saturated carbocycles. The summed E-state index contributed by atoms with van der Waals surface area (Å²) in [4.78, 5) is 12.4. The third-order valence-corrected chi connectivity index (χ3v) is 3.61. The van der Waals surface area contributed by atoms with Crippen LogP contribution in [-0.2, 0) is 13.5 Å². The van der Waals surface area contributed by atoms with Crippen molar-refractivity contribution in [1.29, 1.82) is 0 Å². The first-order valence-electron chi connectivity index (χ1n) is 7.33. The van der Waals surface area contributed by atoms with Gasteiger partial charge in [-0.25, -0.2) is 4.39 Å². The third-order valence-electron chi connectivity index (χ3n) is 3.61. The van der Waals surface area contributed by atoms with Gasteiger partial charge >= 0.3 is 0 Å². The summed E-state index contributed by atoms with van der Waals surface area (Å²) in [6.45, 7) is 0.477. The highest BCUT2D eigenvalue weighted by molar-refractivity contribution is 5.97. The molecular weight excluding hydrogens is 295 g/mol. The van der Waals surface area contributed by atoms with E-state index in [1.807, 2.05) is 29.1 Å². The van der Waals surface area contributed by atoms with Gasteiger partial charge in [0.1, 0.15) is 17.2 Å². The smallest absolute Gasteiger partial charge is 0.256 e. The van der Waals surface area contributed by atoms with Gasteiger partial charge in [0.25, 0.3) is 5.91 Å². The SMILES string of the molecule is Cn1ncc(C(=O)NCCc2ccc(F)cc2)c1-n1cccc1. The van der Waals surface area contributed by atoms with Crippen LogP contribution in [0.25, 0.3) is 5.82 Å². The van der Waals surface area contributed by atoms with E-state index in [-0.39, 0.29) is 11.7 Å². The normalized spacial score (nSPS) is 10.7. The Morgan fingerprint density at radius 2 is 1.91 bits per heavy atom. The summed E-state index contributed by atoms with van der Waals surface area (Å²) >= 11 is 0. The van der Waals surface area contributed by atoms with E-state index >= 15 is 0 Å². The lowest BCUT2D eigenvalue weighted by Gasteiger charge is -2.08. The second-order valence-electron chi connectivity index (χ2n) is 5.23. The molecule has 1 amide bonds. The summed E-state index contributed by atoms with van der Waals surface area (Å²) in [5.74, 6) is 0.280. The summed E-state index contributed by atoms with van der Waals surface area (Å²) < 4.78 is 16.4. The highest BCUT2D eigenvalue weighted by Gasteiger charge is 2.16. The van der Waals surface area contributed by atoms with Crippen LogP contribution in [0.2, 0.25) is 0 Å². The van der Waals surface area contributed by atoms with E-state index in [0.717, 1.165) is 5.56 Å². The Balaban J connectivity index is 1.66. The van der Waals surface area contributed by atoms with Crippen molar-refractivity contribution < 1.29 is 9.18 Å². The molecule has 0 bridgehead atoms. The van der Waals surface area contributed by atoms with Crippen molar-refractivity contribution >= 4 is 5.91 Å². The maximum absolute atomic E-state index is 12.9. The van der Waals surface area contributed by atoms with E-state index in [0.29, 0.717) is 24.3 Å². The van der Waals surface area contributed by atoms with Gasteiger partial charge in [-0.15, -0.1) is 0 Å². The number of nitrogens with one attached hydrogen (secondary N) is 1. The molecule has 0 radical (unpaired) electrons. The molecule has 0 unspecified atom stereocenters. The second-order valence-corrected chi connectivity index (χ2v) is 5.23. The van der Waals surface area contributed by atoms with E-state index in [2.05, 4.69) is 10.4 Å². The summed E-state index contributed by atoms with van der Waals surface area (Å²) in [5, 5.41) is 7.04. The van der Waals surface area contributed by atoms with Gasteiger partial charge in [-0.1, -0.05) is 12.1 Å². The lowest BCUT2D eigenvalue weighted by Crippen LogP contribution is -2.26. The summed E-state index contributed by atoms with van der Waals surface area (Å²) in [7, 11) is 1.80. The Morgan fingerprint density at radius 3 is 2.61 bits per heavy atom. The number of amides is 1. The van der Waals surface area contributed by atoms with Crippen LogP contribution in [0.15, 0.2) is 55.0 Å². The topological polar surface area (TPSA) is 51.9 Å². The van der Waals surface area contributed by atoms with Crippen molar-refractivity contribution in [3.8, 4) is 5.82 Å². The van der Waals surface area contributed by atoms with Crippen molar-refractivity contribution in [2.24, 2.45) is 7.05 Å². The highest BCUT2D eigenvalue weighted by Crippen LogP contribution is 2.13. The summed E-state index contributed by atoms with van der Waals surface area (Å²) in [6.07, 6.45) is 5.94. The minimum atomic E-state index is -0.260. The minimum Gasteiger partial charge on any atom is -0.352 e. The first-order valence-corrected chi connectivity index (χ1v) is 7.33. The average Bonchev–Trinajstić information content (AvgIpc) is 3.18. The Kier molecular flexibility index (Phi) is 4.23. The number of carbonyl (C=O) groups excluding carboxylic acids is 1. The van der Waals surface area contributed by atoms with Crippen LogP contribution in [0.4, 0.5) is 4.39 Å². The van der Waals surface area contributed by atoms with E-state index < -0.39 is 0 Å². The van der Waals surface area contributed by atoms with Crippen molar-refractivity contribution in [3.05, 3.63) is 71.9 Å². The summed E-state index contributed by atoms with van der Waals surface area (Å²) in [6, 6.07) is 10.1. The summed E-state index contributed by atoms with van der Waals surface area (Å²) in [5.41, 5.74) is 1.49. The number of hydrogen-bond donors (Lipinski definition) is 1. The first-order chi connectivity index (χ1) is 11.1. The molecule has 1 N–H and O–H groups in total. The monoisotopic (exact) mass is 312 g/mol. The van der Waals surface area contributed by atoms with Gasteiger partial charge in [0.2, 0.25) is 0 Å². The molecule has 0 aliphatic heterocycles. The van der Waals surface area contributed by atoms with Gasteiger partial charge in [-0.2, -0.15) is 5.10 Å². The Hall–Kier alpha value is -2.89. The zero-order valence-electron chi connectivity index (χ0n) is 12.7. The van der Waals surface area contributed by atoms with Gasteiger partial charge < -0.3 is 9.88 Å². The zero-order valence-corrected chi connectivity index (χ0v) is 12.7. The number of benzene rings is 1. The van der Waals surface area contributed by atoms with Gasteiger partial charge in [0.05, 0.1) is 6.20 Å². The van der Waals surface area contributed by atoms with Crippen LogP contribution < -0.4 is 5.32 Å². The average molecular weight is 312 g/mol. The maximum Gasteiger partial charge on any atom is 0.256 e. The standard InChI is InChI=1S/C17H17FN4O/c1-21-17(22-10-2-3-11-22)15(12-20-21)16(23)19-9-8-13-4-6-14(18)7-5-13/h2-7,10-12H,8-9H2,1H3,(H,19,23). The van der Waals surface area contributed by atoms with Gasteiger partial charge in [0, 0.05) is 26.0 Å². The molecule has 1 aromatic carbocycles. The fraction of sp³-hybridized carbons (Fsp3) is 0.176. The van der Waals surface area contributed by atoms with E-state index in [1.54, 1.807) is 30.1 Å². The van der Waals surface area contributed by atoms with Crippen LogP contribution in [-0.4, -0.2) is 26.8 Å². The molecule has 2 heterocycles. The number of aromatic nitrogens is 3. The second kappa shape index (κ2) is 6.48. The number of hydrogen-bond acceptors (Lipinski definition) is 2. The molecule has 5 nitrogen and oxygen atoms in total. The molecular formula is C17H17FN4O. The third kappa shape index (κ3) is 3.31. The van der Waals surface area contributed by atoms with Gasteiger partial charge in [0.15, 0.2) is 0 Å². The molecule has 6 heteroatoms. The minimum absolute atomic E-state index is 0.177. The van der Waals surface area contributed by atoms with Crippen molar-refractivity contribution in [2.75, 3.05) is 6.54 Å². The van der Waals surface area contributed by atoms with E-state index in [1.165, 1.54) is 12.1 Å². The molecule has 0 aliphatic rings. The van der Waals surface area contributed by atoms with Gasteiger partial charge in [-0.05, 0) is 36.2 Å². The van der Waals surface area contributed by atoms with E-state index in [4.69, 9.17) is 0 Å². The lowest BCUT2D eigenvalue weighted by atomic mass is 10.1. The lowest BCUT2D eigenvalue weighted by molar-refractivity contribution is 0.0954. The van der Waals surface area contributed by atoms with Crippen LogP contribution in [0.1, 0.15) is 15.9 Å². The fourth-order valence-corrected chi connectivity index (χ4v) is 2.44.